The molecular formula is C57H42N4. The molecule has 4 nitrogen and oxygen atoms in total. The molecule has 0 unspecified atom stereocenters. The molecule has 9 aromatic carbocycles. The van der Waals surface area contributed by atoms with Gasteiger partial charge in [0.05, 0.1) is 33.1 Å². The molecule has 3 heterocycles. The minimum absolute atomic E-state index is 1.11. The van der Waals surface area contributed by atoms with Crippen molar-refractivity contribution in [2.24, 2.45) is 0 Å². The average molecular weight is 783 g/mol. The first-order chi connectivity index (χ1) is 30.0. The van der Waals surface area contributed by atoms with Crippen LogP contribution in [0.5, 0.6) is 0 Å². The SMILES string of the molecule is Cc1cc(N(c2ccc(-n3c4ccccc4c4ccccc43)c(C)c2)c2ccc(-n3c4ccccc4c4ccccc43)c(C)c2)ccc1-n1c2ccccc2c2ccccc21. The molecular weight excluding hydrogens is 741 g/mol. The Hall–Kier alpha value is -7.82. The second kappa shape index (κ2) is 13.6. The Morgan fingerprint density at radius 2 is 0.475 bits per heavy atom. The molecule has 0 aliphatic carbocycles. The third-order valence-corrected chi connectivity index (χ3v) is 12.8. The maximum atomic E-state index is 2.42. The lowest BCUT2D eigenvalue weighted by atomic mass is 10.1. The first-order valence-electron chi connectivity index (χ1n) is 21.1. The summed E-state index contributed by atoms with van der Waals surface area (Å²) in [6.45, 7) is 6.73. The highest BCUT2D eigenvalue weighted by atomic mass is 15.1. The summed E-state index contributed by atoms with van der Waals surface area (Å²) in [5.41, 5.74) is 17.7. The van der Waals surface area contributed by atoms with E-state index in [-0.39, 0.29) is 0 Å². The number of aromatic nitrogens is 3. The number of fused-ring (bicyclic) bond motifs is 9. The smallest absolute Gasteiger partial charge is 0.0541 e. The average Bonchev–Trinajstić information content (AvgIpc) is 3.93. The lowest BCUT2D eigenvalue weighted by molar-refractivity contribution is 1.13. The lowest BCUT2D eigenvalue weighted by Crippen LogP contribution is -2.12. The molecule has 0 amide bonds. The van der Waals surface area contributed by atoms with E-state index in [0.29, 0.717) is 0 Å². The summed E-state index contributed by atoms with van der Waals surface area (Å²) in [6, 6.07) is 73.3. The minimum atomic E-state index is 1.11. The van der Waals surface area contributed by atoms with E-state index in [1.54, 1.807) is 0 Å². The molecule has 4 heteroatoms. The first kappa shape index (κ1) is 35.2. The van der Waals surface area contributed by atoms with E-state index < -0.39 is 0 Å². The van der Waals surface area contributed by atoms with Gasteiger partial charge in [-0.25, -0.2) is 0 Å². The van der Waals surface area contributed by atoms with Crippen LogP contribution in [0.15, 0.2) is 200 Å². The second-order valence-corrected chi connectivity index (χ2v) is 16.4. The number of para-hydroxylation sites is 6. The number of benzene rings is 9. The number of hydrogen-bond acceptors (Lipinski definition) is 1. The Morgan fingerprint density at radius 3 is 0.689 bits per heavy atom. The van der Waals surface area contributed by atoms with E-state index in [4.69, 9.17) is 0 Å². The summed E-state index contributed by atoms with van der Waals surface area (Å²) in [4.78, 5) is 2.42. The van der Waals surface area contributed by atoms with Crippen molar-refractivity contribution >= 4 is 82.5 Å². The van der Waals surface area contributed by atoms with E-state index in [1.807, 2.05) is 0 Å². The Morgan fingerprint density at radius 1 is 0.262 bits per heavy atom. The van der Waals surface area contributed by atoms with Crippen LogP contribution in [0.4, 0.5) is 17.1 Å². The predicted octanol–water partition coefficient (Wildman–Crippen LogP) is 15.4. The summed E-state index contributed by atoms with van der Waals surface area (Å²) in [7, 11) is 0. The number of nitrogens with zero attached hydrogens (tertiary/aromatic N) is 4. The summed E-state index contributed by atoms with van der Waals surface area (Å²) >= 11 is 0. The number of hydrogen-bond donors (Lipinski definition) is 0. The number of rotatable bonds is 6. The van der Waals surface area contributed by atoms with Gasteiger partial charge in [-0.3, -0.25) is 0 Å². The lowest BCUT2D eigenvalue weighted by Gasteiger charge is -2.28. The van der Waals surface area contributed by atoms with E-state index >= 15 is 0 Å². The van der Waals surface area contributed by atoms with Crippen LogP contribution < -0.4 is 4.90 Å². The second-order valence-electron chi connectivity index (χ2n) is 16.4. The zero-order valence-electron chi connectivity index (χ0n) is 34.3. The molecule has 0 aliphatic rings. The zero-order chi connectivity index (χ0) is 40.8. The van der Waals surface area contributed by atoms with Crippen molar-refractivity contribution in [1.29, 1.82) is 0 Å². The molecule has 0 saturated heterocycles. The summed E-state index contributed by atoms with van der Waals surface area (Å²) in [5.74, 6) is 0. The highest BCUT2D eigenvalue weighted by Crippen LogP contribution is 2.42. The van der Waals surface area contributed by atoms with Crippen molar-refractivity contribution in [3.8, 4) is 17.1 Å². The van der Waals surface area contributed by atoms with Crippen LogP contribution in [0.2, 0.25) is 0 Å². The van der Waals surface area contributed by atoms with Crippen LogP contribution >= 0.6 is 0 Å². The fourth-order valence-electron chi connectivity index (χ4n) is 10.1. The van der Waals surface area contributed by atoms with Crippen molar-refractivity contribution in [1.82, 2.24) is 13.7 Å². The standard InChI is InChI=1S/C57H42N4/c1-37-34-40(28-31-49(37)59-52-22-10-4-16-43(52)44-17-5-11-23-53(44)59)58(41-29-32-50(38(2)35-41)60-54-24-12-6-18-45(54)46-19-7-13-25-55(46)60)42-30-33-51(39(3)36-42)61-56-26-14-8-20-47(56)48-21-9-15-27-57(48)61/h4-36H,1-3H3. The van der Waals surface area contributed by atoms with Crippen molar-refractivity contribution in [3.05, 3.63) is 217 Å². The highest BCUT2D eigenvalue weighted by Gasteiger charge is 2.21. The van der Waals surface area contributed by atoms with Gasteiger partial charge in [-0.2, -0.15) is 0 Å². The fraction of sp³-hybridized carbons (Fsp3) is 0.0526. The topological polar surface area (TPSA) is 18.0 Å². The maximum Gasteiger partial charge on any atom is 0.0541 e. The van der Waals surface area contributed by atoms with Gasteiger partial charge in [0.15, 0.2) is 0 Å². The van der Waals surface area contributed by atoms with Gasteiger partial charge in [-0.1, -0.05) is 109 Å². The summed E-state index contributed by atoms with van der Waals surface area (Å²) in [5, 5.41) is 7.59. The van der Waals surface area contributed by atoms with Crippen LogP contribution in [0.25, 0.3) is 82.5 Å². The Bertz CT molecular complexity index is 3160. The first-order valence-corrected chi connectivity index (χ1v) is 21.1. The van der Waals surface area contributed by atoms with Crippen LogP contribution in [-0.4, -0.2) is 13.7 Å². The third-order valence-electron chi connectivity index (χ3n) is 12.8. The minimum Gasteiger partial charge on any atom is -0.310 e. The monoisotopic (exact) mass is 782 g/mol. The maximum absolute atomic E-state index is 2.42. The predicted molar refractivity (Wildman–Crippen MR) is 258 cm³/mol. The normalized spacial score (nSPS) is 11.9. The van der Waals surface area contributed by atoms with Gasteiger partial charge in [-0.05, 0) is 128 Å². The van der Waals surface area contributed by atoms with E-state index in [1.165, 1.54) is 99.2 Å². The molecule has 0 spiro atoms. The van der Waals surface area contributed by atoms with Gasteiger partial charge in [0.2, 0.25) is 0 Å². The molecule has 3 aromatic heterocycles. The molecule has 61 heavy (non-hydrogen) atoms. The van der Waals surface area contributed by atoms with Crippen LogP contribution in [0.3, 0.4) is 0 Å². The van der Waals surface area contributed by atoms with Crippen LogP contribution in [-0.2, 0) is 0 Å². The van der Waals surface area contributed by atoms with Crippen molar-refractivity contribution < 1.29 is 0 Å². The number of aryl methyl sites for hydroxylation is 3. The van der Waals surface area contributed by atoms with Gasteiger partial charge in [-0.15, -0.1) is 0 Å². The molecule has 12 rings (SSSR count). The van der Waals surface area contributed by atoms with Gasteiger partial charge in [0.1, 0.15) is 0 Å². The third kappa shape index (κ3) is 5.32. The number of anilines is 3. The van der Waals surface area contributed by atoms with Gasteiger partial charge >= 0.3 is 0 Å². The molecule has 0 fully saturated rings. The van der Waals surface area contributed by atoms with Crippen molar-refractivity contribution in [2.45, 2.75) is 20.8 Å². The molecule has 0 bridgehead atoms. The molecule has 0 saturated carbocycles. The summed E-state index contributed by atoms with van der Waals surface area (Å²) < 4.78 is 7.26. The molecule has 290 valence electrons. The fourth-order valence-corrected chi connectivity index (χ4v) is 10.1. The van der Waals surface area contributed by atoms with Gasteiger partial charge < -0.3 is 18.6 Å². The Kier molecular flexibility index (Phi) is 7.85. The quantitative estimate of drug-likeness (QED) is 0.164. The molecule has 12 aromatic rings. The van der Waals surface area contributed by atoms with Gasteiger partial charge in [0, 0.05) is 66.4 Å². The van der Waals surface area contributed by atoms with E-state index in [9.17, 15) is 0 Å². The van der Waals surface area contributed by atoms with Gasteiger partial charge in [0.25, 0.3) is 0 Å². The van der Waals surface area contributed by atoms with E-state index in [2.05, 4.69) is 240 Å². The Labute approximate surface area is 354 Å². The molecule has 0 radical (unpaired) electrons. The van der Waals surface area contributed by atoms with Crippen LogP contribution in [0.1, 0.15) is 16.7 Å². The Balaban J connectivity index is 1.04. The van der Waals surface area contributed by atoms with Crippen molar-refractivity contribution in [3.63, 3.8) is 0 Å². The molecule has 0 aliphatic heterocycles. The molecule has 0 atom stereocenters. The molecule has 0 N–H and O–H groups in total. The largest absolute Gasteiger partial charge is 0.310 e. The highest BCUT2D eigenvalue weighted by molar-refractivity contribution is 6.11. The summed E-state index contributed by atoms with van der Waals surface area (Å²) in [6.07, 6.45) is 0. The zero-order valence-corrected chi connectivity index (χ0v) is 34.3. The van der Waals surface area contributed by atoms with E-state index in [0.717, 1.165) is 17.1 Å². The van der Waals surface area contributed by atoms with Crippen LogP contribution in [0, 0.1) is 20.8 Å². The van der Waals surface area contributed by atoms with Crippen molar-refractivity contribution in [2.75, 3.05) is 4.90 Å².